The maximum Gasteiger partial charge on any atom is 0.330 e. The van der Waals surface area contributed by atoms with E-state index in [1.54, 1.807) is 12.5 Å². The molecule has 0 aliphatic heterocycles. The van der Waals surface area contributed by atoms with Crippen LogP contribution in [0, 0.1) is 5.41 Å². The van der Waals surface area contributed by atoms with Crippen LogP contribution in [0.25, 0.3) is 0 Å². The summed E-state index contributed by atoms with van der Waals surface area (Å²) in [6.07, 6.45) is 5.24. The average molecular weight is 223 g/mol. The summed E-state index contributed by atoms with van der Waals surface area (Å²) in [5.41, 5.74) is 3.20. The lowest BCUT2D eigenvalue weighted by atomic mass is 9.98. The van der Waals surface area contributed by atoms with Crippen molar-refractivity contribution in [3.8, 4) is 0 Å². The van der Waals surface area contributed by atoms with Crippen molar-refractivity contribution < 1.29 is 14.0 Å². The predicted molar refractivity (Wildman–Crippen MR) is 58.3 cm³/mol. The lowest BCUT2D eigenvalue weighted by molar-refractivity contribution is -0.163. The number of hydrogen-bond donors (Lipinski definition) is 1. The van der Waals surface area contributed by atoms with Crippen LogP contribution in [-0.2, 0) is 15.2 Å². The minimum absolute atomic E-state index is 0.214. The fourth-order valence-electron chi connectivity index (χ4n) is 1.41. The van der Waals surface area contributed by atoms with Crippen molar-refractivity contribution in [2.75, 3.05) is 0 Å². The van der Waals surface area contributed by atoms with Crippen LogP contribution >= 0.6 is 0 Å². The Bertz CT molecular complexity index is 371. The zero-order valence-electron chi connectivity index (χ0n) is 9.87. The molecular formula is C12H17NO3. The number of nitrogens with one attached hydrogen (secondary N) is 1. The first-order chi connectivity index (χ1) is 7.44. The van der Waals surface area contributed by atoms with Gasteiger partial charge in [0, 0.05) is 5.56 Å². The van der Waals surface area contributed by atoms with E-state index in [9.17, 15) is 4.79 Å². The van der Waals surface area contributed by atoms with E-state index in [1.807, 2.05) is 26.8 Å². The third kappa shape index (κ3) is 2.11. The van der Waals surface area contributed by atoms with Crippen molar-refractivity contribution >= 4 is 5.97 Å². The maximum atomic E-state index is 11.6. The molecule has 4 nitrogen and oxygen atoms in total. The standard InChI is InChI=1S/C12H17NO3/c1-11(2,3)10(14)16-13-12(5-6-12)9-4-7-15-8-9/h4,7-8,13H,5-6H2,1-3H3. The summed E-state index contributed by atoms with van der Waals surface area (Å²) in [6, 6.07) is 1.89. The van der Waals surface area contributed by atoms with Gasteiger partial charge in [-0.25, -0.2) is 4.79 Å². The Balaban J connectivity index is 1.94. The minimum atomic E-state index is -0.487. The lowest BCUT2D eigenvalue weighted by Gasteiger charge is -2.20. The predicted octanol–water partition coefficient (Wildman–Crippen LogP) is 2.36. The summed E-state index contributed by atoms with van der Waals surface area (Å²) in [7, 11) is 0. The van der Waals surface area contributed by atoms with Crippen molar-refractivity contribution in [1.82, 2.24) is 5.48 Å². The van der Waals surface area contributed by atoms with Gasteiger partial charge in [-0.2, -0.15) is 0 Å². The summed E-state index contributed by atoms with van der Waals surface area (Å²) < 4.78 is 5.03. The van der Waals surface area contributed by atoms with Crippen LogP contribution in [0.1, 0.15) is 39.2 Å². The van der Waals surface area contributed by atoms with Gasteiger partial charge < -0.3 is 9.25 Å². The molecule has 0 spiro atoms. The van der Waals surface area contributed by atoms with Gasteiger partial charge >= 0.3 is 5.97 Å². The van der Waals surface area contributed by atoms with Crippen molar-refractivity contribution in [3.63, 3.8) is 0 Å². The second-order valence-electron chi connectivity index (χ2n) is 5.34. The maximum absolute atomic E-state index is 11.6. The highest BCUT2D eigenvalue weighted by atomic mass is 16.7. The molecule has 88 valence electrons. The Morgan fingerprint density at radius 1 is 1.50 bits per heavy atom. The molecule has 16 heavy (non-hydrogen) atoms. The van der Waals surface area contributed by atoms with Crippen molar-refractivity contribution in [3.05, 3.63) is 24.2 Å². The van der Waals surface area contributed by atoms with Crippen LogP contribution in [0.2, 0.25) is 0 Å². The van der Waals surface area contributed by atoms with Gasteiger partial charge in [-0.05, 0) is 39.7 Å². The second kappa shape index (κ2) is 3.63. The third-order valence-corrected chi connectivity index (χ3v) is 2.78. The molecule has 1 fully saturated rings. The molecule has 0 bridgehead atoms. The molecular weight excluding hydrogens is 206 g/mol. The van der Waals surface area contributed by atoms with E-state index >= 15 is 0 Å². The highest BCUT2D eigenvalue weighted by Crippen LogP contribution is 2.45. The monoisotopic (exact) mass is 223 g/mol. The number of hydrogen-bond acceptors (Lipinski definition) is 4. The molecule has 0 unspecified atom stereocenters. The van der Waals surface area contributed by atoms with Crippen LogP contribution in [0.15, 0.2) is 23.0 Å². The van der Waals surface area contributed by atoms with Gasteiger partial charge in [-0.15, -0.1) is 5.48 Å². The fraction of sp³-hybridized carbons (Fsp3) is 0.583. The smallest absolute Gasteiger partial charge is 0.330 e. The molecule has 4 heteroatoms. The normalized spacial score (nSPS) is 18.2. The van der Waals surface area contributed by atoms with Gasteiger partial charge in [0.1, 0.15) is 0 Å². The number of carbonyl (C=O) groups is 1. The zero-order valence-corrected chi connectivity index (χ0v) is 9.87. The van der Waals surface area contributed by atoms with Crippen LogP contribution in [0.5, 0.6) is 0 Å². The molecule has 0 radical (unpaired) electrons. The second-order valence-corrected chi connectivity index (χ2v) is 5.34. The highest BCUT2D eigenvalue weighted by molar-refractivity contribution is 5.75. The van der Waals surface area contributed by atoms with E-state index in [2.05, 4.69) is 5.48 Å². The summed E-state index contributed by atoms with van der Waals surface area (Å²) in [6.45, 7) is 5.48. The van der Waals surface area contributed by atoms with Gasteiger partial charge in [0.05, 0.1) is 23.5 Å². The largest absolute Gasteiger partial charge is 0.472 e. The average Bonchev–Trinajstić information content (AvgIpc) is 2.77. The molecule has 1 N–H and O–H groups in total. The quantitative estimate of drug-likeness (QED) is 0.799. The van der Waals surface area contributed by atoms with Crippen LogP contribution < -0.4 is 5.48 Å². The number of hydroxylamine groups is 1. The highest BCUT2D eigenvalue weighted by Gasteiger charge is 2.47. The minimum Gasteiger partial charge on any atom is -0.472 e. The van der Waals surface area contributed by atoms with E-state index in [0.717, 1.165) is 18.4 Å². The summed E-state index contributed by atoms with van der Waals surface area (Å²) in [4.78, 5) is 16.7. The van der Waals surface area contributed by atoms with Crippen molar-refractivity contribution in [2.24, 2.45) is 5.41 Å². The van der Waals surface area contributed by atoms with Gasteiger partial charge in [0.25, 0.3) is 0 Å². The Morgan fingerprint density at radius 2 is 2.19 bits per heavy atom. The van der Waals surface area contributed by atoms with Gasteiger partial charge in [-0.1, -0.05) is 0 Å². The van der Waals surface area contributed by atoms with Crippen LogP contribution in [0.4, 0.5) is 0 Å². The topological polar surface area (TPSA) is 51.5 Å². The molecule has 0 aromatic carbocycles. The summed E-state index contributed by atoms with van der Waals surface area (Å²) in [5, 5.41) is 0. The molecule has 2 rings (SSSR count). The first kappa shape index (κ1) is 11.2. The molecule has 1 aromatic heterocycles. The van der Waals surface area contributed by atoms with Crippen LogP contribution in [0.3, 0.4) is 0 Å². The van der Waals surface area contributed by atoms with E-state index in [1.165, 1.54) is 0 Å². The molecule has 1 heterocycles. The van der Waals surface area contributed by atoms with E-state index in [0.29, 0.717) is 0 Å². The SMILES string of the molecule is CC(C)(C)C(=O)ONC1(c2ccoc2)CC1. The fourth-order valence-corrected chi connectivity index (χ4v) is 1.41. The van der Waals surface area contributed by atoms with Gasteiger partial charge in [0.2, 0.25) is 0 Å². The Hall–Kier alpha value is -1.29. The van der Waals surface area contributed by atoms with E-state index < -0.39 is 5.41 Å². The van der Waals surface area contributed by atoms with E-state index in [4.69, 9.17) is 9.25 Å². The molecule has 1 aliphatic carbocycles. The van der Waals surface area contributed by atoms with Gasteiger partial charge in [-0.3, -0.25) is 0 Å². The number of rotatable bonds is 3. The Kier molecular flexibility index (Phi) is 2.54. The number of carbonyl (C=O) groups excluding carboxylic acids is 1. The lowest BCUT2D eigenvalue weighted by Crippen LogP contribution is -2.35. The van der Waals surface area contributed by atoms with Crippen molar-refractivity contribution in [1.29, 1.82) is 0 Å². The first-order valence-corrected chi connectivity index (χ1v) is 5.45. The van der Waals surface area contributed by atoms with Crippen molar-refractivity contribution in [2.45, 2.75) is 39.2 Å². The third-order valence-electron chi connectivity index (χ3n) is 2.78. The Morgan fingerprint density at radius 3 is 2.62 bits per heavy atom. The molecule has 0 atom stereocenters. The summed E-state index contributed by atoms with van der Waals surface area (Å²) in [5.74, 6) is -0.248. The van der Waals surface area contributed by atoms with Crippen LogP contribution in [-0.4, -0.2) is 5.97 Å². The molecule has 1 aromatic rings. The molecule has 1 saturated carbocycles. The molecule has 0 saturated heterocycles. The first-order valence-electron chi connectivity index (χ1n) is 5.45. The zero-order chi connectivity index (χ0) is 11.8. The molecule has 1 aliphatic rings. The molecule has 0 amide bonds. The van der Waals surface area contributed by atoms with Gasteiger partial charge in [0.15, 0.2) is 0 Å². The summed E-state index contributed by atoms with van der Waals surface area (Å²) >= 11 is 0. The van der Waals surface area contributed by atoms with E-state index in [-0.39, 0.29) is 11.5 Å². The Labute approximate surface area is 94.9 Å². The number of furan rings is 1.